The van der Waals surface area contributed by atoms with Crippen molar-refractivity contribution in [3.8, 4) is 50.3 Å². The molecule has 53 heavy (non-hydrogen) atoms. The maximum Gasteiger partial charge on any atom is 0.0641 e. The molecule has 1 N–H and O–H groups in total. The van der Waals surface area contributed by atoms with Crippen molar-refractivity contribution < 1.29 is 0 Å². The Hall–Kier alpha value is -6.38. The van der Waals surface area contributed by atoms with Crippen LogP contribution in [0.1, 0.15) is 50.3 Å². The van der Waals surface area contributed by atoms with E-state index in [0.29, 0.717) is 0 Å². The van der Waals surface area contributed by atoms with Gasteiger partial charge in [0.2, 0.25) is 0 Å². The van der Waals surface area contributed by atoms with Gasteiger partial charge in [-0.1, -0.05) is 166 Å². The summed E-state index contributed by atoms with van der Waals surface area (Å²) in [5.74, 6) is 0. The Morgan fingerprint density at radius 1 is 0.660 bits per heavy atom. The minimum atomic E-state index is 1.04. The molecule has 2 heterocycles. The largest absolute Gasteiger partial charge is 0.354 e. The monoisotopic (exact) mass is 684 g/mol. The fourth-order valence-corrected chi connectivity index (χ4v) is 7.94. The molecule has 0 amide bonds. The average Bonchev–Trinajstić information content (AvgIpc) is 3.50. The molecule has 2 aliphatic rings. The molecular weight excluding hydrogens is 641 g/mol. The molecule has 0 saturated carbocycles. The fraction of sp³-hybridized carbons (Fsp3) is 0.0980. The average molecular weight is 685 g/mol. The van der Waals surface area contributed by atoms with Crippen molar-refractivity contribution in [1.29, 1.82) is 0 Å². The van der Waals surface area contributed by atoms with Crippen LogP contribution in [-0.2, 0) is 0 Å². The maximum absolute atomic E-state index is 4.20. The van der Waals surface area contributed by atoms with Crippen LogP contribution in [-0.4, -0.2) is 4.57 Å². The van der Waals surface area contributed by atoms with E-state index in [0.717, 1.165) is 46.6 Å². The summed E-state index contributed by atoms with van der Waals surface area (Å²) in [6, 6.07) is 48.7. The second-order valence-electron chi connectivity index (χ2n) is 13.3. The zero-order valence-corrected chi connectivity index (χ0v) is 30.7. The highest BCUT2D eigenvalue weighted by atomic mass is 15.0. The Labute approximate surface area is 313 Å². The molecule has 2 heteroatoms. The third kappa shape index (κ3) is 5.97. The normalized spacial score (nSPS) is 12.8. The van der Waals surface area contributed by atoms with Gasteiger partial charge < -0.3 is 9.88 Å². The van der Waals surface area contributed by atoms with E-state index in [4.69, 9.17) is 0 Å². The smallest absolute Gasteiger partial charge is 0.0641 e. The number of nitrogens with one attached hydrogen (secondary N) is 1. The Morgan fingerprint density at radius 2 is 1.34 bits per heavy atom. The van der Waals surface area contributed by atoms with Crippen LogP contribution in [0.2, 0.25) is 0 Å². The molecule has 2 nitrogen and oxygen atoms in total. The number of hydrogen-bond acceptors (Lipinski definition) is 1. The Morgan fingerprint density at radius 3 is 2.00 bits per heavy atom. The van der Waals surface area contributed by atoms with Gasteiger partial charge in [0.15, 0.2) is 0 Å². The molecule has 0 spiro atoms. The van der Waals surface area contributed by atoms with E-state index in [2.05, 4.69) is 187 Å². The van der Waals surface area contributed by atoms with Gasteiger partial charge in [0, 0.05) is 44.6 Å². The van der Waals surface area contributed by atoms with Crippen LogP contribution in [0.25, 0.3) is 79.0 Å². The van der Waals surface area contributed by atoms with Gasteiger partial charge in [0.05, 0.1) is 16.9 Å². The summed E-state index contributed by atoms with van der Waals surface area (Å²) in [6.45, 7) is 10.3. The Kier molecular flexibility index (Phi) is 9.36. The SMILES string of the molecule is C=Cc1ccc2c(c1/C=C\C)Nc1ccccc1-c1c-2n(-c2cc(-c3ccccc3)cc(-c3ccccc3)c2)c2c(C3=CCCC=C3)cccc12.CC. The predicted octanol–water partition coefficient (Wildman–Crippen LogP) is 14.8. The zero-order valence-electron chi connectivity index (χ0n) is 30.7. The van der Waals surface area contributed by atoms with Crippen LogP contribution >= 0.6 is 0 Å². The van der Waals surface area contributed by atoms with E-state index in [1.807, 2.05) is 19.9 Å². The molecule has 0 atom stereocenters. The molecule has 1 aliphatic carbocycles. The van der Waals surface area contributed by atoms with Gasteiger partial charge >= 0.3 is 0 Å². The summed E-state index contributed by atoms with van der Waals surface area (Å²) < 4.78 is 2.55. The first kappa shape index (κ1) is 33.7. The molecule has 6 aromatic carbocycles. The van der Waals surface area contributed by atoms with Crippen LogP contribution in [0.5, 0.6) is 0 Å². The van der Waals surface area contributed by atoms with Crippen molar-refractivity contribution in [2.24, 2.45) is 0 Å². The summed E-state index contributed by atoms with van der Waals surface area (Å²) in [4.78, 5) is 0. The first-order valence-corrected chi connectivity index (χ1v) is 18.8. The third-order valence-corrected chi connectivity index (χ3v) is 10.2. The number of anilines is 2. The van der Waals surface area contributed by atoms with Crippen molar-refractivity contribution in [2.75, 3.05) is 5.32 Å². The number of fused-ring (bicyclic) bond motifs is 7. The summed E-state index contributed by atoms with van der Waals surface area (Å²) in [5, 5.41) is 5.16. The fourth-order valence-electron chi connectivity index (χ4n) is 7.94. The number of aromatic nitrogens is 1. The summed E-state index contributed by atoms with van der Waals surface area (Å²) in [7, 11) is 0. The van der Waals surface area contributed by atoms with Gasteiger partial charge in [0.25, 0.3) is 0 Å². The van der Waals surface area contributed by atoms with Crippen molar-refractivity contribution in [3.63, 3.8) is 0 Å². The molecule has 1 aliphatic heterocycles. The lowest BCUT2D eigenvalue weighted by molar-refractivity contribution is 1.04. The predicted molar refractivity (Wildman–Crippen MR) is 231 cm³/mol. The number of benzene rings is 6. The van der Waals surface area contributed by atoms with E-state index < -0.39 is 0 Å². The number of hydrogen-bond donors (Lipinski definition) is 1. The van der Waals surface area contributed by atoms with Crippen molar-refractivity contribution in [1.82, 2.24) is 4.57 Å². The topological polar surface area (TPSA) is 17.0 Å². The lowest BCUT2D eigenvalue weighted by Gasteiger charge is -2.20. The van der Waals surface area contributed by atoms with Crippen LogP contribution in [0, 0.1) is 0 Å². The van der Waals surface area contributed by atoms with Gasteiger partial charge in [-0.25, -0.2) is 0 Å². The standard InChI is InChI=1S/C49H38N2.C2H6/c1-3-17-40-33(4-2)28-29-44-47(40)50-45-27-15-14-24-42(45)46-43-26-16-25-41(36-22-12-7-13-23-36)48(43)51(49(44)46)39-31-37(34-18-8-5-9-19-34)30-38(32-39)35-20-10-6-11-21-35;1-2/h3-6,8-12,14-32,50H,2,7,13H2,1H3;1-2H3/b17-3-;. The van der Waals surface area contributed by atoms with Crippen molar-refractivity contribution in [3.05, 3.63) is 181 Å². The molecule has 0 fully saturated rings. The van der Waals surface area contributed by atoms with Gasteiger partial charge in [-0.15, -0.1) is 0 Å². The minimum absolute atomic E-state index is 1.04. The molecule has 0 radical (unpaired) electrons. The van der Waals surface area contributed by atoms with Crippen LogP contribution in [0.15, 0.2) is 164 Å². The number of rotatable bonds is 6. The summed E-state index contributed by atoms with van der Waals surface area (Å²) in [5.41, 5.74) is 18.8. The zero-order chi connectivity index (χ0) is 36.3. The molecule has 0 unspecified atom stereocenters. The molecule has 1 aromatic heterocycles. The second kappa shape index (κ2) is 14.7. The maximum atomic E-state index is 4.20. The highest BCUT2D eigenvalue weighted by molar-refractivity contribution is 6.15. The molecule has 0 saturated heterocycles. The van der Waals surface area contributed by atoms with Crippen LogP contribution in [0.3, 0.4) is 0 Å². The number of para-hydroxylation sites is 2. The Bertz CT molecular complexity index is 2500. The van der Waals surface area contributed by atoms with E-state index >= 15 is 0 Å². The van der Waals surface area contributed by atoms with Crippen LogP contribution < -0.4 is 5.32 Å². The van der Waals surface area contributed by atoms with Gasteiger partial charge in [-0.3, -0.25) is 0 Å². The molecule has 9 rings (SSSR count). The van der Waals surface area contributed by atoms with Crippen molar-refractivity contribution in [2.45, 2.75) is 33.6 Å². The van der Waals surface area contributed by atoms with E-state index in [1.54, 1.807) is 0 Å². The summed E-state index contributed by atoms with van der Waals surface area (Å²) >= 11 is 0. The second-order valence-corrected chi connectivity index (χ2v) is 13.3. The van der Waals surface area contributed by atoms with E-state index in [9.17, 15) is 0 Å². The van der Waals surface area contributed by atoms with Gasteiger partial charge in [0.1, 0.15) is 0 Å². The lowest BCUT2D eigenvalue weighted by Crippen LogP contribution is -2.03. The first-order chi connectivity index (χ1) is 26.2. The molecule has 0 bridgehead atoms. The van der Waals surface area contributed by atoms with E-state index in [1.165, 1.54) is 61.1 Å². The first-order valence-electron chi connectivity index (χ1n) is 18.8. The number of nitrogens with zero attached hydrogens (tertiary/aromatic N) is 1. The Balaban J connectivity index is 0.00000197. The number of allylic oxidation sites excluding steroid dienone is 5. The quantitative estimate of drug-likeness (QED) is 0.184. The highest BCUT2D eigenvalue weighted by Crippen LogP contribution is 2.53. The third-order valence-electron chi connectivity index (χ3n) is 10.2. The summed E-state index contributed by atoms with van der Waals surface area (Å²) in [6.07, 6.45) is 15.4. The van der Waals surface area contributed by atoms with Crippen LogP contribution in [0.4, 0.5) is 11.4 Å². The van der Waals surface area contributed by atoms with Gasteiger partial charge in [-0.2, -0.15) is 0 Å². The van der Waals surface area contributed by atoms with E-state index in [-0.39, 0.29) is 0 Å². The van der Waals surface area contributed by atoms with Crippen molar-refractivity contribution >= 4 is 40.0 Å². The molecule has 258 valence electrons. The molecular formula is C51H44N2. The lowest BCUT2D eigenvalue weighted by atomic mass is 9.94. The van der Waals surface area contributed by atoms with Gasteiger partial charge in [-0.05, 0) is 77.4 Å². The minimum Gasteiger partial charge on any atom is -0.354 e. The highest BCUT2D eigenvalue weighted by Gasteiger charge is 2.30. The molecule has 7 aromatic rings.